The largest absolute Gasteiger partial charge is 0.479 e. The fourth-order valence-corrected chi connectivity index (χ4v) is 3.07. The van der Waals surface area contributed by atoms with Crippen LogP contribution < -0.4 is 10.1 Å². The van der Waals surface area contributed by atoms with Crippen molar-refractivity contribution in [2.75, 3.05) is 5.32 Å². The molecule has 122 valence electrons. The van der Waals surface area contributed by atoms with Gasteiger partial charge in [0, 0.05) is 10.0 Å². The highest BCUT2D eigenvalue weighted by molar-refractivity contribution is 6.42. The Morgan fingerprint density at radius 1 is 0.957 bits per heavy atom. The number of rotatable bonds is 4. The van der Waals surface area contributed by atoms with Crippen molar-refractivity contribution in [2.45, 2.75) is 13.0 Å². The number of ether oxygens (including phenoxy) is 1. The van der Waals surface area contributed by atoms with Gasteiger partial charge < -0.3 is 10.1 Å². The van der Waals surface area contributed by atoms with Crippen LogP contribution in [0.15, 0.2) is 30.3 Å². The Hall–Kier alpha value is -0.840. The minimum absolute atomic E-state index is 0.229. The summed E-state index contributed by atoms with van der Waals surface area (Å²) in [5.74, 6) is -0.103. The van der Waals surface area contributed by atoms with Crippen LogP contribution in [0, 0.1) is 0 Å². The van der Waals surface area contributed by atoms with Crippen LogP contribution in [0.3, 0.4) is 0 Å². The quantitative estimate of drug-likeness (QED) is 0.633. The van der Waals surface area contributed by atoms with Crippen LogP contribution in [0.5, 0.6) is 5.75 Å². The first-order valence-corrected chi connectivity index (χ1v) is 8.24. The molecule has 0 aliphatic heterocycles. The molecule has 0 spiro atoms. The summed E-state index contributed by atoms with van der Waals surface area (Å²) in [6, 6.07) is 7.67. The first kappa shape index (κ1) is 18.5. The second-order valence-corrected chi connectivity index (χ2v) is 6.66. The molecule has 1 unspecified atom stereocenters. The van der Waals surface area contributed by atoms with Crippen LogP contribution in [0.1, 0.15) is 6.92 Å². The van der Waals surface area contributed by atoms with Crippen molar-refractivity contribution in [3.63, 3.8) is 0 Å². The van der Waals surface area contributed by atoms with Crippen LogP contribution in [0.2, 0.25) is 25.1 Å². The van der Waals surface area contributed by atoms with E-state index in [2.05, 4.69) is 5.32 Å². The average Bonchev–Trinajstić information content (AvgIpc) is 2.45. The predicted molar refractivity (Wildman–Crippen MR) is 96.7 cm³/mol. The summed E-state index contributed by atoms with van der Waals surface area (Å²) in [6.45, 7) is 1.57. The third kappa shape index (κ3) is 4.82. The lowest BCUT2D eigenvalue weighted by Crippen LogP contribution is -2.30. The summed E-state index contributed by atoms with van der Waals surface area (Å²) in [4.78, 5) is 12.2. The summed E-state index contributed by atoms with van der Waals surface area (Å²) in [7, 11) is 0. The maximum Gasteiger partial charge on any atom is 0.265 e. The van der Waals surface area contributed by atoms with Crippen molar-refractivity contribution in [1.82, 2.24) is 0 Å². The van der Waals surface area contributed by atoms with Gasteiger partial charge in [0.1, 0.15) is 5.75 Å². The molecule has 1 amide bonds. The van der Waals surface area contributed by atoms with Crippen molar-refractivity contribution >= 4 is 69.6 Å². The number of hydrogen-bond donors (Lipinski definition) is 1. The zero-order valence-electron chi connectivity index (χ0n) is 11.7. The number of anilines is 1. The second kappa shape index (κ2) is 7.82. The van der Waals surface area contributed by atoms with E-state index >= 15 is 0 Å². The first-order chi connectivity index (χ1) is 10.8. The standard InChI is InChI=1S/C15H10Cl5NO2/c1-7(23-13-3-2-8(16)4-10(13)18)15(22)21-14-11(19)5-9(17)6-12(14)20/h2-7H,1H3,(H,21,22). The van der Waals surface area contributed by atoms with Gasteiger partial charge in [-0.2, -0.15) is 0 Å². The minimum Gasteiger partial charge on any atom is -0.479 e. The molecule has 0 saturated heterocycles. The maximum atomic E-state index is 12.2. The van der Waals surface area contributed by atoms with Gasteiger partial charge in [-0.3, -0.25) is 4.79 Å². The highest BCUT2D eigenvalue weighted by atomic mass is 35.5. The van der Waals surface area contributed by atoms with Crippen LogP contribution in [-0.4, -0.2) is 12.0 Å². The summed E-state index contributed by atoms with van der Waals surface area (Å²) in [6.07, 6.45) is -0.837. The van der Waals surface area contributed by atoms with E-state index in [1.165, 1.54) is 18.2 Å². The van der Waals surface area contributed by atoms with E-state index in [0.29, 0.717) is 20.8 Å². The molecule has 0 aromatic heterocycles. The molecule has 2 rings (SSSR count). The Bertz CT molecular complexity index is 728. The summed E-state index contributed by atoms with van der Waals surface area (Å²) in [5.41, 5.74) is 0.264. The van der Waals surface area contributed by atoms with Crippen LogP contribution in [0.4, 0.5) is 5.69 Å². The van der Waals surface area contributed by atoms with E-state index < -0.39 is 12.0 Å². The number of nitrogens with one attached hydrogen (secondary N) is 1. The van der Waals surface area contributed by atoms with Gasteiger partial charge in [-0.25, -0.2) is 0 Å². The molecule has 3 nitrogen and oxygen atoms in total. The highest BCUT2D eigenvalue weighted by Crippen LogP contribution is 2.34. The number of carbonyl (C=O) groups is 1. The second-order valence-electron chi connectivity index (χ2n) is 4.57. The van der Waals surface area contributed by atoms with Crippen LogP contribution in [0.25, 0.3) is 0 Å². The normalized spacial score (nSPS) is 11.9. The Morgan fingerprint density at radius 2 is 1.52 bits per heavy atom. The Kier molecular flexibility index (Phi) is 6.29. The molecule has 0 aliphatic carbocycles. The van der Waals surface area contributed by atoms with Crippen molar-refractivity contribution in [2.24, 2.45) is 0 Å². The van der Waals surface area contributed by atoms with Gasteiger partial charge in [0.2, 0.25) is 0 Å². The topological polar surface area (TPSA) is 38.3 Å². The smallest absolute Gasteiger partial charge is 0.265 e. The zero-order valence-corrected chi connectivity index (χ0v) is 15.5. The molecule has 1 N–H and O–H groups in total. The van der Waals surface area contributed by atoms with E-state index in [9.17, 15) is 4.79 Å². The summed E-state index contributed by atoms with van der Waals surface area (Å²) >= 11 is 29.7. The van der Waals surface area contributed by atoms with Gasteiger partial charge in [-0.05, 0) is 37.3 Å². The Balaban J connectivity index is 2.11. The molecule has 0 fully saturated rings. The van der Waals surface area contributed by atoms with E-state index in [-0.39, 0.29) is 15.7 Å². The van der Waals surface area contributed by atoms with E-state index in [1.54, 1.807) is 19.1 Å². The fraction of sp³-hybridized carbons (Fsp3) is 0.133. The van der Waals surface area contributed by atoms with Crippen LogP contribution >= 0.6 is 58.0 Å². The molecule has 0 aliphatic rings. The molecule has 23 heavy (non-hydrogen) atoms. The molecule has 0 saturated carbocycles. The maximum absolute atomic E-state index is 12.2. The van der Waals surface area contributed by atoms with Gasteiger partial charge in [0.15, 0.2) is 6.10 Å². The zero-order chi connectivity index (χ0) is 17.1. The summed E-state index contributed by atoms with van der Waals surface area (Å²) < 4.78 is 5.52. The molecule has 0 heterocycles. The third-order valence-electron chi connectivity index (χ3n) is 2.82. The van der Waals surface area contributed by atoms with Crippen molar-refractivity contribution in [3.05, 3.63) is 55.4 Å². The molecule has 0 radical (unpaired) electrons. The summed E-state index contributed by atoms with van der Waals surface area (Å²) in [5, 5.41) is 4.21. The number of benzene rings is 2. The highest BCUT2D eigenvalue weighted by Gasteiger charge is 2.19. The van der Waals surface area contributed by atoms with Gasteiger partial charge >= 0.3 is 0 Å². The first-order valence-electron chi connectivity index (χ1n) is 6.35. The number of carbonyl (C=O) groups excluding carboxylic acids is 1. The van der Waals surface area contributed by atoms with Gasteiger partial charge in [0.25, 0.3) is 5.91 Å². The lowest BCUT2D eigenvalue weighted by atomic mass is 10.3. The predicted octanol–water partition coefficient (Wildman–Crippen LogP) is 6.36. The van der Waals surface area contributed by atoms with Crippen molar-refractivity contribution in [1.29, 1.82) is 0 Å². The average molecular weight is 414 g/mol. The lowest BCUT2D eigenvalue weighted by molar-refractivity contribution is -0.122. The van der Waals surface area contributed by atoms with Crippen molar-refractivity contribution < 1.29 is 9.53 Å². The van der Waals surface area contributed by atoms with E-state index in [0.717, 1.165) is 0 Å². The number of hydrogen-bond acceptors (Lipinski definition) is 2. The fourth-order valence-electron chi connectivity index (χ4n) is 1.70. The van der Waals surface area contributed by atoms with E-state index in [1.807, 2.05) is 0 Å². The molecule has 1 atom stereocenters. The Labute approximate surface area is 158 Å². The molecule has 2 aromatic rings. The van der Waals surface area contributed by atoms with Crippen molar-refractivity contribution in [3.8, 4) is 5.75 Å². The monoisotopic (exact) mass is 411 g/mol. The SMILES string of the molecule is CC(Oc1ccc(Cl)cc1Cl)C(=O)Nc1c(Cl)cc(Cl)cc1Cl. The molecule has 0 bridgehead atoms. The minimum atomic E-state index is -0.837. The molecular formula is C15H10Cl5NO2. The lowest BCUT2D eigenvalue weighted by Gasteiger charge is -2.17. The third-order valence-corrected chi connectivity index (χ3v) is 4.17. The molecular weight excluding hydrogens is 403 g/mol. The van der Waals surface area contributed by atoms with Crippen LogP contribution in [-0.2, 0) is 4.79 Å². The number of amides is 1. The molecule has 2 aromatic carbocycles. The molecule has 8 heteroatoms. The van der Waals surface area contributed by atoms with E-state index in [4.69, 9.17) is 62.7 Å². The van der Waals surface area contributed by atoms with Gasteiger partial charge in [-0.15, -0.1) is 0 Å². The number of halogens is 5. The van der Waals surface area contributed by atoms with Gasteiger partial charge in [0.05, 0.1) is 20.8 Å². The van der Waals surface area contributed by atoms with Gasteiger partial charge in [-0.1, -0.05) is 58.0 Å². The Morgan fingerprint density at radius 3 is 2.09 bits per heavy atom.